The van der Waals surface area contributed by atoms with Crippen molar-refractivity contribution in [3.05, 3.63) is 69.3 Å². The van der Waals surface area contributed by atoms with Crippen LogP contribution in [0.4, 0.5) is 0 Å². The fourth-order valence-corrected chi connectivity index (χ4v) is 3.22. The molecule has 3 nitrogen and oxygen atoms in total. The number of amides is 1. The van der Waals surface area contributed by atoms with Gasteiger partial charge in [-0.3, -0.25) is 4.79 Å². The Balaban J connectivity index is 1.55. The second kappa shape index (κ2) is 7.20. The molecule has 0 bridgehead atoms. The lowest BCUT2D eigenvalue weighted by Crippen LogP contribution is -2.27. The second-order valence-corrected chi connectivity index (χ2v) is 6.76. The quantitative estimate of drug-likeness (QED) is 0.661. The number of carbonyl (C=O) groups is 1. The van der Waals surface area contributed by atoms with E-state index >= 15 is 0 Å². The van der Waals surface area contributed by atoms with E-state index < -0.39 is 0 Å². The number of carbonyl (C=O) groups excluding carboxylic acids is 1. The molecule has 1 amide bonds. The summed E-state index contributed by atoms with van der Waals surface area (Å²) in [7, 11) is 0. The summed E-state index contributed by atoms with van der Waals surface area (Å²) in [6.45, 7) is 0.614. The van der Waals surface area contributed by atoms with E-state index in [1.807, 2.05) is 48.7 Å². The molecule has 23 heavy (non-hydrogen) atoms. The van der Waals surface area contributed by atoms with Crippen LogP contribution >= 0.6 is 27.5 Å². The highest BCUT2D eigenvalue weighted by Gasteiger charge is 2.06. The molecule has 2 N–H and O–H groups in total. The number of rotatable bonds is 5. The number of nitrogens with one attached hydrogen (secondary N) is 2. The number of hydrogen-bond acceptors (Lipinski definition) is 1. The van der Waals surface area contributed by atoms with Gasteiger partial charge in [0.1, 0.15) is 0 Å². The highest BCUT2D eigenvalue weighted by Crippen LogP contribution is 2.22. The summed E-state index contributed by atoms with van der Waals surface area (Å²) in [6.07, 6.45) is 3.15. The van der Waals surface area contributed by atoms with Crippen LogP contribution in [0.1, 0.15) is 11.1 Å². The first-order valence-corrected chi connectivity index (χ1v) is 8.55. The lowest BCUT2D eigenvalue weighted by Gasteiger charge is -2.05. The molecule has 118 valence electrons. The molecule has 1 heterocycles. The van der Waals surface area contributed by atoms with Crippen LogP contribution in [0.15, 0.2) is 53.1 Å². The molecule has 0 aliphatic heterocycles. The fourth-order valence-electron chi connectivity index (χ4n) is 2.60. The Morgan fingerprint density at radius 1 is 1.22 bits per heavy atom. The smallest absolute Gasteiger partial charge is 0.224 e. The number of halogens is 2. The minimum atomic E-state index is 0.0333. The molecule has 0 atom stereocenters. The van der Waals surface area contributed by atoms with Crippen molar-refractivity contribution >= 4 is 44.3 Å². The predicted octanol–water partition coefficient (Wildman–Crippen LogP) is 4.49. The van der Waals surface area contributed by atoms with E-state index in [9.17, 15) is 4.79 Å². The van der Waals surface area contributed by atoms with Crippen LogP contribution in [0.25, 0.3) is 10.9 Å². The molecule has 0 saturated carbocycles. The van der Waals surface area contributed by atoms with Crippen molar-refractivity contribution in [2.45, 2.75) is 12.8 Å². The van der Waals surface area contributed by atoms with Crippen LogP contribution in [-0.2, 0) is 17.6 Å². The molecule has 0 saturated heterocycles. The van der Waals surface area contributed by atoms with Gasteiger partial charge in [-0.15, -0.1) is 0 Å². The SMILES string of the molecule is O=C(Cc1cccc(Br)c1)NCCc1c[nH]c2cc(Cl)ccc12. The van der Waals surface area contributed by atoms with Crippen LogP contribution in [0.5, 0.6) is 0 Å². The highest BCUT2D eigenvalue weighted by atomic mass is 79.9. The minimum Gasteiger partial charge on any atom is -0.361 e. The molecular weight excluding hydrogens is 376 g/mol. The summed E-state index contributed by atoms with van der Waals surface area (Å²) in [5.74, 6) is 0.0333. The maximum Gasteiger partial charge on any atom is 0.224 e. The monoisotopic (exact) mass is 390 g/mol. The Bertz CT molecular complexity index is 844. The molecule has 0 spiro atoms. The Hall–Kier alpha value is -1.78. The lowest BCUT2D eigenvalue weighted by atomic mass is 10.1. The van der Waals surface area contributed by atoms with Gasteiger partial charge in [-0.2, -0.15) is 0 Å². The van der Waals surface area contributed by atoms with Crippen molar-refractivity contribution in [3.63, 3.8) is 0 Å². The summed E-state index contributed by atoms with van der Waals surface area (Å²) >= 11 is 9.40. The van der Waals surface area contributed by atoms with Crippen LogP contribution < -0.4 is 5.32 Å². The first-order chi connectivity index (χ1) is 11.1. The molecule has 3 aromatic rings. The van der Waals surface area contributed by atoms with Gasteiger partial charge in [0.25, 0.3) is 0 Å². The molecule has 3 rings (SSSR count). The summed E-state index contributed by atoms with van der Waals surface area (Å²) < 4.78 is 0.986. The Morgan fingerprint density at radius 3 is 2.91 bits per heavy atom. The standard InChI is InChI=1S/C18H16BrClN2O/c19-14-3-1-2-12(8-14)9-18(23)21-7-6-13-11-22-17-10-15(20)4-5-16(13)17/h1-5,8,10-11,22H,6-7,9H2,(H,21,23). The number of hydrogen-bond donors (Lipinski definition) is 2. The average Bonchev–Trinajstić information content (AvgIpc) is 2.89. The van der Waals surface area contributed by atoms with Crippen molar-refractivity contribution in [2.75, 3.05) is 6.54 Å². The molecule has 0 fully saturated rings. The van der Waals surface area contributed by atoms with Gasteiger partial charge in [-0.25, -0.2) is 0 Å². The van der Waals surface area contributed by atoms with Gasteiger partial charge in [-0.1, -0.05) is 45.7 Å². The fraction of sp³-hybridized carbons (Fsp3) is 0.167. The lowest BCUT2D eigenvalue weighted by molar-refractivity contribution is -0.120. The van der Waals surface area contributed by atoms with Gasteiger partial charge in [0, 0.05) is 33.1 Å². The Labute approximate surface area is 148 Å². The summed E-state index contributed by atoms with van der Waals surface area (Å²) in [6, 6.07) is 13.6. The molecule has 0 unspecified atom stereocenters. The highest BCUT2D eigenvalue weighted by molar-refractivity contribution is 9.10. The van der Waals surface area contributed by atoms with Gasteiger partial charge in [0.15, 0.2) is 0 Å². The van der Waals surface area contributed by atoms with Crippen molar-refractivity contribution in [1.29, 1.82) is 0 Å². The normalized spacial score (nSPS) is 10.9. The molecule has 2 aromatic carbocycles. The maximum atomic E-state index is 12.0. The zero-order chi connectivity index (χ0) is 16.2. The third-order valence-corrected chi connectivity index (χ3v) is 4.43. The predicted molar refractivity (Wildman–Crippen MR) is 97.9 cm³/mol. The number of benzene rings is 2. The van der Waals surface area contributed by atoms with Gasteiger partial charge in [0.05, 0.1) is 6.42 Å². The summed E-state index contributed by atoms with van der Waals surface area (Å²) in [4.78, 5) is 15.2. The van der Waals surface area contributed by atoms with E-state index in [1.54, 1.807) is 0 Å². The topological polar surface area (TPSA) is 44.9 Å². The maximum absolute atomic E-state index is 12.0. The van der Waals surface area contributed by atoms with Gasteiger partial charge in [-0.05, 0) is 41.8 Å². The van der Waals surface area contributed by atoms with Gasteiger partial charge < -0.3 is 10.3 Å². The van der Waals surface area contributed by atoms with E-state index in [2.05, 4.69) is 26.2 Å². The van der Waals surface area contributed by atoms with E-state index in [1.165, 1.54) is 5.56 Å². The number of aromatic nitrogens is 1. The Kier molecular flexibility index (Phi) is 5.03. The third kappa shape index (κ3) is 4.15. The largest absolute Gasteiger partial charge is 0.361 e. The van der Waals surface area contributed by atoms with Crippen LogP contribution in [0.3, 0.4) is 0 Å². The van der Waals surface area contributed by atoms with Crippen molar-refractivity contribution in [3.8, 4) is 0 Å². The second-order valence-electron chi connectivity index (χ2n) is 5.41. The van der Waals surface area contributed by atoms with Gasteiger partial charge >= 0.3 is 0 Å². The van der Waals surface area contributed by atoms with Crippen molar-refractivity contribution < 1.29 is 4.79 Å². The number of H-pyrrole nitrogens is 1. The average molecular weight is 392 g/mol. The zero-order valence-corrected chi connectivity index (χ0v) is 14.7. The molecule has 0 radical (unpaired) electrons. The van der Waals surface area contributed by atoms with Gasteiger partial charge in [0.2, 0.25) is 5.91 Å². The third-order valence-electron chi connectivity index (χ3n) is 3.70. The van der Waals surface area contributed by atoms with E-state index in [-0.39, 0.29) is 5.91 Å². The zero-order valence-electron chi connectivity index (χ0n) is 12.4. The minimum absolute atomic E-state index is 0.0333. The number of fused-ring (bicyclic) bond motifs is 1. The van der Waals surface area contributed by atoms with E-state index in [0.29, 0.717) is 18.0 Å². The summed E-state index contributed by atoms with van der Waals surface area (Å²) in [5.41, 5.74) is 3.20. The van der Waals surface area contributed by atoms with Crippen molar-refractivity contribution in [2.24, 2.45) is 0 Å². The molecule has 0 aliphatic rings. The first kappa shape index (κ1) is 16.1. The first-order valence-electron chi connectivity index (χ1n) is 7.38. The Morgan fingerprint density at radius 2 is 2.09 bits per heavy atom. The molecule has 1 aromatic heterocycles. The van der Waals surface area contributed by atoms with E-state index in [0.717, 1.165) is 27.4 Å². The van der Waals surface area contributed by atoms with Crippen molar-refractivity contribution in [1.82, 2.24) is 10.3 Å². The number of aromatic amines is 1. The van der Waals surface area contributed by atoms with E-state index in [4.69, 9.17) is 11.6 Å². The molecule has 5 heteroatoms. The molecule has 0 aliphatic carbocycles. The van der Waals surface area contributed by atoms with Crippen LogP contribution in [0, 0.1) is 0 Å². The summed E-state index contributed by atoms with van der Waals surface area (Å²) in [5, 5.41) is 4.84. The van der Waals surface area contributed by atoms with Crippen LogP contribution in [-0.4, -0.2) is 17.4 Å². The molecular formula is C18H16BrClN2O. The van der Waals surface area contributed by atoms with Crippen LogP contribution in [0.2, 0.25) is 5.02 Å².